The van der Waals surface area contributed by atoms with Gasteiger partial charge in [0.05, 0.1) is 12.4 Å². The van der Waals surface area contributed by atoms with E-state index in [2.05, 4.69) is 13.8 Å². The molecule has 1 aliphatic heterocycles. The third-order valence-electron chi connectivity index (χ3n) is 10.4. The first-order valence-electron chi connectivity index (χ1n) is 12.2. The summed E-state index contributed by atoms with van der Waals surface area (Å²) in [6.07, 6.45) is 16.1. The van der Waals surface area contributed by atoms with Crippen LogP contribution in [0.2, 0.25) is 0 Å². The predicted octanol–water partition coefficient (Wildman–Crippen LogP) is 4.69. The molecule has 4 aliphatic carbocycles. The Labute approximate surface area is 181 Å². The van der Waals surface area contributed by atoms with Gasteiger partial charge in [0.25, 0.3) is 0 Å². The van der Waals surface area contributed by atoms with E-state index in [4.69, 9.17) is 4.74 Å². The van der Waals surface area contributed by atoms with Crippen LogP contribution in [-0.2, 0) is 9.53 Å². The molecule has 30 heavy (non-hydrogen) atoms. The number of hydrogen-bond donors (Lipinski definition) is 1. The zero-order valence-corrected chi connectivity index (χ0v) is 19.2. The van der Waals surface area contributed by atoms with Crippen molar-refractivity contribution in [1.29, 1.82) is 0 Å². The number of ether oxygens (including phenoxy) is 1. The molecule has 1 unspecified atom stereocenters. The van der Waals surface area contributed by atoms with E-state index in [1.165, 1.54) is 44.1 Å². The first-order chi connectivity index (χ1) is 14.2. The van der Waals surface area contributed by atoms with Crippen molar-refractivity contribution in [2.45, 2.75) is 83.3 Å². The molecule has 4 nitrogen and oxygen atoms in total. The number of hydrogen-bond acceptors (Lipinski definition) is 3. The van der Waals surface area contributed by atoms with Gasteiger partial charge in [-0.05, 0) is 86.5 Å². The van der Waals surface area contributed by atoms with E-state index in [1.807, 2.05) is 12.3 Å². The second-order valence-electron chi connectivity index (χ2n) is 11.7. The van der Waals surface area contributed by atoms with E-state index in [-0.39, 0.29) is 23.0 Å². The van der Waals surface area contributed by atoms with Crippen LogP contribution in [0.4, 0.5) is 0 Å². The van der Waals surface area contributed by atoms with Crippen molar-refractivity contribution in [3.63, 3.8) is 0 Å². The molecule has 0 aromatic rings. The Morgan fingerprint density at radius 3 is 2.67 bits per heavy atom. The molecule has 0 radical (unpaired) electrons. The Balaban J connectivity index is 1.45. The van der Waals surface area contributed by atoms with Gasteiger partial charge in [-0.3, -0.25) is 4.79 Å². The van der Waals surface area contributed by atoms with Gasteiger partial charge in [-0.1, -0.05) is 19.9 Å². The Kier molecular flexibility index (Phi) is 4.71. The number of fused-ring (bicyclic) bond motifs is 3. The molecule has 5 aliphatic rings. The van der Waals surface area contributed by atoms with Gasteiger partial charge in [-0.25, -0.2) is 0 Å². The predicted molar refractivity (Wildman–Crippen MR) is 117 cm³/mol. The maximum absolute atomic E-state index is 12.1. The zero-order valence-electron chi connectivity index (χ0n) is 19.2. The minimum absolute atomic E-state index is 0.0327. The van der Waals surface area contributed by atoms with Gasteiger partial charge in [-0.2, -0.15) is 0 Å². The SMILES string of the molecule is CN(C)C(=O)/C=C/C1=CO[C@]23CCC1[C@@]2(C)CC[C@H]1[C@H]3CC[C@@H]2C[C@@H](O)CC[C@@]21C. The van der Waals surface area contributed by atoms with Crippen molar-refractivity contribution < 1.29 is 14.6 Å². The highest BCUT2D eigenvalue weighted by Crippen LogP contribution is 2.72. The Hall–Kier alpha value is -1.29. The van der Waals surface area contributed by atoms with E-state index in [9.17, 15) is 9.90 Å². The third-order valence-corrected chi connectivity index (χ3v) is 10.4. The summed E-state index contributed by atoms with van der Waals surface area (Å²) in [7, 11) is 3.59. The third kappa shape index (κ3) is 2.64. The van der Waals surface area contributed by atoms with E-state index in [1.54, 1.807) is 25.1 Å². The number of aliphatic hydroxyl groups excluding tert-OH is 1. The second-order valence-corrected chi connectivity index (χ2v) is 11.7. The molecule has 8 atom stereocenters. The molecule has 0 aromatic carbocycles. The molecule has 0 aromatic heterocycles. The largest absolute Gasteiger partial charge is 0.494 e. The number of aliphatic hydroxyl groups is 1. The van der Waals surface area contributed by atoms with Crippen LogP contribution in [0.1, 0.15) is 71.6 Å². The summed E-state index contributed by atoms with van der Waals surface area (Å²) < 4.78 is 6.80. The lowest BCUT2D eigenvalue weighted by Gasteiger charge is -2.65. The van der Waals surface area contributed by atoms with Crippen molar-refractivity contribution in [3.05, 3.63) is 24.0 Å². The smallest absolute Gasteiger partial charge is 0.246 e. The summed E-state index contributed by atoms with van der Waals surface area (Å²) in [5.74, 6) is 2.55. The summed E-state index contributed by atoms with van der Waals surface area (Å²) in [5.41, 5.74) is 1.70. The van der Waals surface area contributed by atoms with Crippen LogP contribution in [0.3, 0.4) is 0 Å². The summed E-state index contributed by atoms with van der Waals surface area (Å²) in [4.78, 5) is 13.7. The van der Waals surface area contributed by atoms with Gasteiger partial charge in [-0.15, -0.1) is 0 Å². The van der Waals surface area contributed by atoms with Gasteiger partial charge in [0.1, 0.15) is 5.60 Å². The van der Waals surface area contributed by atoms with Crippen molar-refractivity contribution in [3.8, 4) is 0 Å². The van der Waals surface area contributed by atoms with Crippen LogP contribution in [0, 0.1) is 34.5 Å². The molecule has 1 amide bonds. The zero-order chi connectivity index (χ0) is 21.3. The molecule has 2 bridgehead atoms. The summed E-state index contributed by atoms with van der Waals surface area (Å²) in [6.45, 7) is 5.01. The maximum atomic E-state index is 12.1. The molecule has 4 heteroatoms. The Bertz CT molecular complexity index is 787. The van der Waals surface area contributed by atoms with Crippen molar-refractivity contribution in [1.82, 2.24) is 4.90 Å². The molecule has 4 saturated carbocycles. The molecule has 0 spiro atoms. The molecule has 166 valence electrons. The fourth-order valence-electron chi connectivity index (χ4n) is 8.71. The molecular weight excluding hydrogens is 374 g/mol. The fraction of sp³-hybridized carbons (Fsp3) is 0.808. The van der Waals surface area contributed by atoms with Crippen LogP contribution in [0.5, 0.6) is 0 Å². The van der Waals surface area contributed by atoms with Crippen LogP contribution >= 0.6 is 0 Å². The van der Waals surface area contributed by atoms with Crippen LogP contribution in [0.25, 0.3) is 0 Å². The summed E-state index contributed by atoms with van der Waals surface area (Å²) in [6, 6.07) is 0. The molecule has 5 rings (SSSR count). The van der Waals surface area contributed by atoms with Gasteiger partial charge in [0.2, 0.25) is 5.91 Å². The highest BCUT2D eigenvalue weighted by Gasteiger charge is 2.70. The molecule has 1 N–H and O–H groups in total. The number of likely N-dealkylation sites (N-methyl/N-ethyl adjacent to an activating group) is 1. The summed E-state index contributed by atoms with van der Waals surface area (Å²) >= 11 is 0. The first kappa shape index (κ1) is 20.6. The number of allylic oxidation sites excluding steroid dienone is 2. The van der Waals surface area contributed by atoms with Gasteiger partial charge >= 0.3 is 0 Å². The lowest BCUT2D eigenvalue weighted by molar-refractivity contribution is -0.217. The second kappa shape index (κ2) is 6.85. The van der Waals surface area contributed by atoms with Gasteiger partial charge in [0.15, 0.2) is 0 Å². The van der Waals surface area contributed by atoms with Crippen molar-refractivity contribution in [2.75, 3.05) is 14.1 Å². The standard InChI is InChI=1S/C26H39NO3/c1-24-12-9-19(28)15-18(24)6-7-22-21(24)10-13-25(2)20-11-14-26(22,25)30-16-17(20)5-8-23(29)27(3)4/h5,8,16,18-22,28H,6-7,9-15H2,1-4H3/b8-5+/t18-,19+,20?,21+,22-,24+,25-,26+/m1/s1. The first-order valence-corrected chi connectivity index (χ1v) is 12.2. The number of carbonyl (C=O) groups excluding carboxylic acids is 1. The van der Waals surface area contributed by atoms with E-state index in [0.717, 1.165) is 25.2 Å². The highest BCUT2D eigenvalue weighted by molar-refractivity contribution is 5.87. The van der Waals surface area contributed by atoms with Crippen LogP contribution in [0.15, 0.2) is 24.0 Å². The van der Waals surface area contributed by atoms with E-state index < -0.39 is 0 Å². The molecular formula is C26H39NO3. The average molecular weight is 414 g/mol. The minimum Gasteiger partial charge on any atom is -0.494 e. The van der Waals surface area contributed by atoms with E-state index >= 15 is 0 Å². The van der Waals surface area contributed by atoms with Crippen molar-refractivity contribution in [2.24, 2.45) is 34.5 Å². The monoisotopic (exact) mass is 413 g/mol. The average Bonchev–Trinajstić information content (AvgIpc) is 2.88. The number of amides is 1. The fourth-order valence-corrected chi connectivity index (χ4v) is 8.71. The van der Waals surface area contributed by atoms with E-state index in [0.29, 0.717) is 23.2 Å². The van der Waals surface area contributed by atoms with Crippen molar-refractivity contribution >= 4 is 5.91 Å². The van der Waals surface area contributed by atoms with Crippen LogP contribution < -0.4 is 0 Å². The normalized spacial score (nSPS) is 49.5. The topological polar surface area (TPSA) is 49.8 Å². The lowest BCUT2D eigenvalue weighted by Crippen LogP contribution is -2.63. The Morgan fingerprint density at radius 1 is 1.10 bits per heavy atom. The minimum atomic E-state index is -0.0874. The summed E-state index contributed by atoms with van der Waals surface area (Å²) in [5, 5.41) is 10.3. The quantitative estimate of drug-likeness (QED) is 0.668. The van der Waals surface area contributed by atoms with Crippen LogP contribution in [-0.4, -0.2) is 41.7 Å². The Morgan fingerprint density at radius 2 is 1.90 bits per heavy atom. The number of carbonyl (C=O) groups is 1. The number of nitrogens with zero attached hydrogens (tertiary/aromatic N) is 1. The lowest BCUT2D eigenvalue weighted by atomic mass is 9.43. The van der Waals surface area contributed by atoms with Gasteiger partial charge < -0.3 is 14.7 Å². The molecule has 0 saturated heterocycles. The van der Waals surface area contributed by atoms with Gasteiger partial charge in [0, 0.05) is 31.5 Å². The maximum Gasteiger partial charge on any atom is 0.246 e. The molecule has 4 fully saturated rings. The highest BCUT2D eigenvalue weighted by atomic mass is 16.5. The molecule has 1 heterocycles. The number of rotatable bonds is 2.